The molecular weight excluding hydrogens is 182 g/mol. The highest BCUT2D eigenvalue weighted by Crippen LogP contribution is 2.32. The van der Waals surface area contributed by atoms with E-state index in [0.29, 0.717) is 6.42 Å². The second-order valence-electron chi connectivity index (χ2n) is 3.63. The first-order valence-electron chi connectivity index (χ1n) is 4.58. The predicted molar refractivity (Wildman–Crippen MR) is 51.1 cm³/mol. The number of nitro groups is 1. The van der Waals surface area contributed by atoms with Gasteiger partial charge in [-0.05, 0) is 24.3 Å². The highest BCUT2D eigenvalue weighted by molar-refractivity contribution is 5.48. The van der Waals surface area contributed by atoms with Crippen molar-refractivity contribution in [1.82, 2.24) is 0 Å². The Kier molecular flexibility index (Phi) is 2.21. The molecule has 1 aliphatic rings. The molecule has 4 heteroatoms. The van der Waals surface area contributed by atoms with Crippen LogP contribution in [0.3, 0.4) is 0 Å². The van der Waals surface area contributed by atoms with E-state index in [4.69, 9.17) is 5.11 Å². The Morgan fingerprint density at radius 3 is 2.93 bits per heavy atom. The lowest BCUT2D eigenvalue weighted by atomic mass is 10.1. The van der Waals surface area contributed by atoms with Crippen molar-refractivity contribution in [2.45, 2.75) is 12.8 Å². The summed E-state index contributed by atoms with van der Waals surface area (Å²) in [6, 6.07) is 5.13. The molecule has 4 nitrogen and oxygen atoms in total. The minimum Gasteiger partial charge on any atom is -0.396 e. The van der Waals surface area contributed by atoms with Crippen LogP contribution in [0.5, 0.6) is 0 Å². The Morgan fingerprint density at radius 1 is 1.50 bits per heavy atom. The second kappa shape index (κ2) is 3.38. The van der Waals surface area contributed by atoms with E-state index >= 15 is 0 Å². The summed E-state index contributed by atoms with van der Waals surface area (Å²) in [6.45, 7) is 0.103. The van der Waals surface area contributed by atoms with E-state index in [1.807, 2.05) is 6.07 Å². The van der Waals surface area contributed by atoms with Crippen LogP contribution in [0.15, 0.2) is 18.2 Å². The van der Waals surface area contributed by atoms with Crippen molar-refractivity contribution >= 4 is 5.69 Å². The molecule has 0 heterocycles. The maximum absolute atomic E-state index is 10.7. The zero-order valence-electron chi connectivity index (χ0n) is 7.64. The Morgan fingerprint density at radius 2 is 2.29 bits per heavy atom. The van der Waals surface area contributed by atoms with E-state index in [0.717, 1.165) is 17.5 Å². The van der Waals surface area contributed by atoms with Gasteiger partial charge in [-0.15, -0.1) is 0 Å². The number of nitro benzene ring substituents is 1. The summed E-state index contributed by atoms with van der Waals surface area (Å²) in [4.78, 5) is 10.4. The zero-order valence-corrected chi connectivity index (χ0v) is 7.64. The minimum atomic E-state index is -0.349. The Hall–Kier alpha value is -1.42. The zero-order chi connectivity index (χ0) is 10.1. The summed E-state index contributed by atoms with van der Waals surface area (Å²) in [7, 11) is 0. The fourth-order valence-corrected chi connectivity index (χ4v) is 2.02. The molecule has 14 heavy (non-hydrogen) atoms. The third-order valence-corrected chi connectivity index (χ3v) is 2.70. The molecule has 0 radical (unpaired) electrons. The number of hydrogen-bond donors (Lipinski definition) is 1. The van der Waals surface area contributed by atoms with Gasteiger partial charge in [0.2, 0.25) is 0 Å². The molecule has 0 bridgehead atoms. The lowest BCUT2D eigenvalue weighted by Gasteiger charge is -2.00. The van der Waals surface area contributed by atoms with Crippen LogP contribution in [0.25, 0.3) is 0 Å². The Labute approximate surface area is 81.3 Å². The molecule has 0 aromatic heterocycles. The van der Waals surface area contributed by atoms with Gasteiger partial charge in [-0.1, -0.05) is 12.1 Å². The van der Waals surface area contributed by atoms with Crippen LogP contribution in [0, 0.1) is 16.0 Å². The summed E-state index contributed by atoms with van der Waals surface area (Å²) < 4.78 is 0. The van der Waals surface area contributed by atoms with Crippen LogP contribution in [0.4, 0.5) is 5.69 Å². The normalized spacial score (nSPS) is 19.4. The van der Waals surface area contributed by atoms with Gasteiger partial charge >= 0.3 is 0 Å². The van der Waals surface area contributed by atoms with Crippen molar-refractivity contribution in [3.63, 3.8) is 0 Å². The summed E-state index contributed by atoms with van der Waals surface area (Å²) in [5.41, 5.74) is 2.01. The van der Waals surface area contributed by atoms with Gasteiger partial charge in [-0.25, -0.2) is 0 Å². The lowest BCUT2D eigenvalue weighted by Crippen LogP contribution is -2.04. The van der Waals surface area contributed by atoms with Crippen LogP contribution in [0.1, 0.15) is 11.1 Å². The lowest BCUT2D eigenvalue weighted by molar-refractivity contribution is -0.385. The van der Waals surface area contributed by atoms with Crippen LogP contribution in [-0.2, 0) is 12.8 Å². The quantitative estimate of drug-likeness (QED) is 0.568. The van der Waals surface area contributed by atoms with Crippen molar-refractivity contribution in [2.75, 3.05) is 6.61 Å². The monoisotopic (exact) mass is 193 g/mol. The maximum atomic E-state index is 10.7. The molecule has 1 N–H and O–H groups in total. The SMILES string of the molecule is O=[N+]([O-])c1cccc2c1CC(CO)C2. The number of aliphatic hydroxyl groups excluding tert-OH is 1. The van der Waals surface area contributed by atoms with Gasteiger partial charge in [-0.3, -0.25) is 10.1 Å². The second-order valence-corrected chi connectivity index (χ2v) is 3.63. The summed E-state index contributed by atoms with van der Waals surface area (Å²) in [5, 5.41) is 19.7. The molecule has 0 fully saturated rings. The van der Waals surface area contributed by atoms with Crippen molar-refractivity contribution in [1.29, 1.82) is 0 Å². The number of benzene rings is 1. The minimum absolute atomic E-state index is 0.103. The van der Waals surface area contributed by atoms with Crippen molar-refractivity contribution < 1.29 is 10.0 Å². The van der Waals surface area contributed by atoms with Gasteiger partial charge in [0.15, 0.2) is 0 Å². The molecule has 1 aromatic rings. The van der Waals surface area contributed by atoms with E-state index in [-0.39, 0.29) is 23.1 Å². The van der Waals surface area contributed by atoms with Gasteiger partial charge in [-0.2, -0.15) is 0 Å². The molecule has 0 spiro atoms. The molecule has 0 saturated heterocycles. The summed E-state index contributed by atoms with van der Waals surface area (Å²) in [6.07, 6.45) is 1.39. The molecule has 0 saturated carbocycles. The van der Waals surface area contributed by atoms with Gasteiger partial charge in [0.1, 0.15) is 0 Å². The first-order valence-corrected chi connectivity index (χ1v) is 4.58. The smallest absolute Gasteiger partial charge is 0.272 e. The molecular formula is C10H11NO3. The van der Waals surface area contributed by atoms with Crippen LogP contribution in [-0.4, -0.2) is 16.6 Å². The average Bonchev–Trinajstić information content (AvgIpc) is 2.59. The largest absolute Gasteiger partial charge is 0.396 e. The fourth-order valence-electron chi connectivity index (χ4n) is 2.02. The third kappa shape index (κ3) is 1.37. The first kappa shape index (κ1) is 9.15. The van der Waals surface area contributed by atoms with Gasteiger partial charge in [0.25, 0.3) is 5.69 Å². The van der Waals surface area contributed by atoms with E-state index in [9.17, 15) is 10.1 Å². The highest BCUT2D eigenvalue weighted by Gasteiger charge is 2.27. The van der Waals surface area contributed by atoms with E-state index in [1.54, 1.807) is 6.07 Å². The average molecular weight is 193 g/mol. The molecule has 74 valence electrons. The number of hydrogen-bond acceptors (Lipinski definition) is 3. The standard InChI is InChI=1S/C10H11NO3/c12-6-7-4-8-2-1-3-10(11(13)14)9(8)5-7/h1-3,7,12H,4-6H2. The summed E-state index contributed by atoms with van der Waals surface area (Å²) >= 11 is 0. The van der Waals surface area contributed by atoms with Crippen molar-refractivity contribution in [3.05, 3.63) is 39.4 Å². The number of aliphatic hydroxyl groups is 1. The van der Waals surface area contributed by atoms with Gasteiger partial charge in [0.05, 0.1) is 4.92 Å². The molecule has 0 amide bonds. The highest BCUT2D eigenvalue weighted by atomic mass is 16.6. The van der Waals surface area contributed by atoms with Crippen LogP contribution in [0.2, 0.25) is 0 Å². The van der Waals surface area contributed by atoms with Crippen molar-refractivity contribution in [2.24, 2.45) is 5.92 Å². The van der Waals surface area contributed by atoms with E-state index in [2.05, 4.69) is 0 Å². The van der Waals surface area contributed by atoms with Crippen LogP contribution >= 0.6 is 0 Å². The molecule has 1 aromatic carbocycles. The maximum Gasteiger partial charge on any atom is 0.272 e. The van der Waals surface area contributed by atoms with Gasteiger partial charge in [0, 0.05) is 18.2 Å². The fraction of sp³-hybridized carbons (Fsp3) is 0.400. The first-order chi connectivity index (χ1) is 6.72. The third-order valence-electron chi connectivity index (χ3n) is 2.70. The van der Waals surface area contributed by atoms with Crippen LogP contribution < -0.4 is 0 Å². The Balaban J connectivity index is 2.41. The Bertz CT molecular complexity index is 376. The number of rotatable bonds is 2. The molecule has 1 atom stereocenters. The summed E-state index contributed by atoms with van der Waals surface area (Å²) in [5.74, 6) is 0.158. The predicted octanol–water partition coefficient (Wildman–Crippen LogP) is 1.30. The number of nitrogens with zero attached hydrogens (tertiary/aromatic N) is 1. The van der Waals surface area contributed by atoms with Gasteiger partial charge < -0.3 is 5.11 Å². The molecule has 1 unspecified atom stereocenters. The molecule has 2 rings (SSSR count). The van der Waals surface area contributed by atoms with E-state index < -0.39 is 0 Å². The van der Waals surface area contributed by atoms with Crippen molar-refractivity contribution in [3.8, 4) is 0 Å². The topological polar surface area (TPSA) is 63.4 Å². The molecule has 1 aliphatic carbocycles. The molecule has 0 aliphatic heterocycles. The van der Waals surface area contributed by atoms with E-state index in [1.165, 1.54) is 6.07 Å². The number of fused-ring (bicyclic) bond motifs is 1.